The smallest absolute Gasteiger partial charge is 0.311 e. The molecule has 29 heavy (non-hydrogen) atoms. The van der Waals surface area contributed by atoms with Gasteiger partial charge in [-0.3, -0.25) is 10.2 Å². The number of esters is 1. The Kier molecular flexibility index (Phi) is 7.29. The third kappa shape index (κ3) is 6.39. The Labute approximate surface area is 172 Å². The summed E-state index contributed by atoms with van der Waals surface area (Å²) < 4.78 is 24.1. The fourth-order valence-corrected chi connectivity index (χ4v) is 3.11. The monoisotopic (exact) mass is 413 g/mol. The minimum absolute atomic E-state index is 0.139. The zero-order valence-electron chi connectivity index (χ0n) is 15.8. The van der Waals surface area contributed by atoms with Crippen LogP contribution in [0.25, 0.3) is 0 Å². The van der Waals surface area contributed by atoms with Gasteiger partial charge < -0.3 is 9.47 Å². The number of rotatable bonds is 9. The van der Waals surface area contributed by atoms with Gasteiger partial charge in [-0.2, -0.15) is 5.10 Å². The lowest BCUT2D eigenvalue weighted by Crippen LogP contribution is -2.07. The molecule has 0 radical (unpaired) electrons. The van der Waals surface area contributed by atoms with Gasteiger partial charge in [0.15, 0.2) is 11.6 Å². The van der Waals surface area contributed by atoms with E-state index in [-0.39, 0.29) is 30.6 Å². The molecule has 0 amide bonds. The average molecular weight is 413 g/mol. The van der Waals surface area contributed by atoms with Crippen molar-refractivity contribution in [2.75, 3.05) is 12.0 Å². The van der Waals surface area contributed by atoms with Gasteiger partial charge in [0, 0.05) is 5.38 Å². The number of para-hydroxylation sites is 1. The van der Waals surface area contributed by atoms with Crippen LogP contribution in [-0.4, -0.2) is 23.8 Å². The molecule has 150 valence electrons. The summed E-state index contributed by atoms with van der Waals surface area (Å²) in [5.41, 5.74) is 5.23. The van der Waals surface area contributed by atoms with Crippen LogP contribution in [-0.2, 0) is 22.6 Å². The Hall–Kier alpha value is -3.26. The summed E-state index contributed by atoms with van der Waals surface area (Å²) in [5.74, 6) is -0.474. The minimum Gasteiger partial charge on any atom is -0.486 e. The number of anilines is 1. The van der Waals surface area contributed by atoms with Crippen LogP contribution < -0.4 is 10.2 Å². The van der Waals surface area contributed by atoms with Gasteiger partial charge in [0.1, 0.15) is 6.61 Å². The van der Waals surface area contributed by atoms with Crippen molar-refractivity contribution < 1.29 is 18.7 Å². The molecule has 3 aromatic rings. The fourth-order valence-electron chi connectivity index (χ4n) is 2.45. The Balaban J connectivity index is 1.53. The van der Waals surface area contributed by atoms with Crippen LogP contribution in [0, 0.1) is 5.82 Å². The zero-order chi connectivity index (χ0) is 20.5. The van der Waals surface area contributed by atoms with E-state index in [4.69, 9.17) is 9.47 Å². The largest absolute Gasteiger partial charge is 0.486 e. The van der Waals surface area contributed by atoms with E-state index in [1.807, 2.05) is 24.3 Å². The molecule has 1 N–H and O–H groups in total. The quantitative estimate of drug-likeness (QED) is 0.320. The number of ether oxygens (including phenoxy) is 2. The number of thiazole rings is 1. The number of benzene rings is 2. The number of hydrogen-bond acceptors (Lipinski definition) is 7. The maximum absolute atomic E-state index is 13.6. The number of aromatic nitrogens is 1. The first-order chi connectivity index (χ1) is 14.1. The summed E-state index contributed by atoms with van der Waals surface area (Å²) in [6.45, 7) is 2.37. The van der Waals surface area contributed by atoms with Crippen LogP contribution in [0.3, 0.4) is 0 Å². The molecule has 0 aliphatic rings. The fraction of sp³-hybridized carbons (Fsp3) is 0.190. The SMILES string of the molecule is CCOC(=O)Cc1csc(NN=Cc2cccc(COc3ccccc3F)c2)n1. The van der Waals surface area contributed by atoms with Crippen LogP contribution >= 0.6 is 11.3 Å². The van der Waals surface area contributed by atoms with E-state index >= 15 is 0 Å². The Morgan fingerprint density at radius 1 is 1.28 bits per heavy atom. The number of carbonyl (C=O) groups excluding carboxylic acids is 1. The van der Waals surface area contributed by atoms with Crippen molar-refractivity contribution in [3.63, 3.8) is 0 Å². The maximum Gasteiger partial charge on any atom is 0.311 e. The molecule has 0 fully saturated rings. The molecule has 0 spiro atoms. The predicted molar refractivity (Wildman–Crippen MR) is 111 cm³/mol. The van der Waals surface area contributed by atoms with Crippen LogP contribution in [0.15, 0.2) is 59.0 Å². The zero-order valence-corrected chi connectivity index (χ0v) is 16.6. The second-order valence-corrected chi connectivity index (χ2v) is 6.82. The summed E-state index contributed by atoms with van der Waals surface area (Å²) in [7, 11) is 0. The van der Waals surface area contributed by atoms with Crippen LogP contribution in [0.2, 0.25) is 0 Å². The van der Waals surface area contributed by atoms with Crippen molar-refractivity contribution in [1.82, 2.24) is 4.98 Å². The van der Waals surface area contributed by atoms with Crippen LogP contribution in [0.1, 0.15) is 23.7 Å². The lowest BCUT2D eigenvalue weighted by Gasteiger charge is -2.07. The number of nitrogens with one attached hydrogen (secondary N) is 1. The number of carbonyl (C=O) groups is 1. The van der Waals surface area contributed by atoms with Gasteiger partial charge in [0.25, 0.3) is 0 Å². The molecule has 0 atom stereocenters. The van der Waals surface area contributed by atoms with E-state index in [0.717, 1.165) is 11.1 Å². The molecule has 0 bridgehead atoms. The first-order valence-corrected chi connectivity index (χ1v) is 9.87. The van der Waals surface area contributed by atoms with Gasteiger partial charge in [-0.1, -0.05) is 30.3 Å². The van der Waals surface area contributed by atoms with E-state index in [1.54, 1.807) is 36.7 Å². The molecule has 2 aromatic carbocycles. The normalized spacial score (nSPS) is 10.8. The molecular weight excluding hydrogens is 393 g/mol. The second-order valence-electron chi connectivity index (χ2n) is 5.96. The molecule has 6 nitrogen and oxygen atoms in total. The second kappa shape index (κ2) is 10.3. The highest BCUT2D eigenvalue weighted by Gasteiger charge is 2.08. The van der Waals surface area contributed by atoms with Crippen LogP contribution in [0.5, 0.6) is 5.75 Å². The van der Waals surface area contributed by atoms with Crippen molar-refractivity contribution in [2.45, 2.75) is 20.0 Å². The Bertz CT molecular complexity index is 991. The number of halogens is 1. The lowest BCUT2D eigenvalue weighted by molar-refractivity contribution is -0.142. The molecule has 1 aromatic heterocycles. The number of hydrazone groups is 1. The third-order valence-electron chi connectivity index (χ3n) is 3.74. The molecular formula is C21H20FN3O3S. The van der Waals surface area contributed by atoms with Crippen molar-refractivity contribution in [2.24, 2.45) is 5.10 Å². The number of hydrogen-bond donors (Lipinski definition) is 1. The summed E-state index contributed by atoms with van der Waals surface area (Å²) in [5, 5.41) is 6.54. The van der Waals surface area contributed by atoms with E-state index in [0.29, 0.717) is 17.4 Å². The summed E-state index contributed by atoms with van der Waals surface area (Å²) in [6, 6.07) is 13.9. The van der Waals surface area contributed by atoms with E-state index in [2.05, 4.69) is 15.5 Å². The van der Waals surface area contributed by atoms with Crippen molar-refractivity contribution >= 4 is 28.7 Å². The summed E-state index contributed by atoms with van der Waals surface area (Å²) in [6.07, 6.45) is 1.79. The number of nitrogens with zero attached hydrogens (tertiary/aromatic N) is 2. The average Bonchev–Trinajstić information content (AvgIpc) is 3.15. The highest BCUT2D eigenvalue weighted by Crippen LogP contribution is 2.18. The van der Waals surface area contributed by atoms with Crippen molar-refractivity contribution in [1.29, 1.82) is 0 Å². The molecule has 0 unspecified atom stereocenters. The maximum atomic E-state index is 13.6. The standard InChI is InChI=1S/C21H20FN3O3S/c1-2-27-20(26)11-17-14-29-21(24-17)25-23-12-15-6-5-7-16(10-15)13-28-19-9-4-3-8-18(19)22/h3-10,12,14H,2,11,13H2,1H3,(H,24,25). The molecule has 3 rings (SSSR count). The molecule has 0 aliphatic carbocycles. The van der Waals surface area contributed by atoms with Gasteiger partial charge in [0.05, 0.1) is 24.9 Å². The van der Waals surface area contributed by atoms with Gasteiger partial charge in [-0.25, -0.2) is 9.37 Å². The summed E-state index contributed by atoms with van der Waals surface area (Å²) in [4.78, 5) is 15.8. The van der Waals surface area contributed by atoms with Crippen LogP contribution in [0.4, 0.5) is 9.52 Å². The van der Waals surface area contributed by atoms with Gasteiger partial charge >= 0.3 is 5.97 Å². The molecule has 0 saturated heterocycles. The van der Waals surface area contributed by atoms with E-state index in [9.17, 15) is 9.18 Å². The Morgan fingerprint density at radius 2 is 2.14 bits per heavy atom. The topological polar surface area (TPSA) is 72.8 Å². The lowest BCUT2D eigenvalue weighted by atomic mass is 10.1. The first kappa shape index (κ1) is 20.5. The first-order valence-electron chi connectivity index (χ1n) is 8.99. The van der Waals surface area contributed by atoms with Crippen molar-refractivity contribution in [3.8, 4) is 5.75 Å². The third-order valence-corrected chi connectivity index (χ3v) is 4.53. The molecule has 0 aliphatic heterocycles. The van der Waals surface area contributed by atoms with Gasteiger partial charge in [-0.05, 0) is 36.2 Å². The van der Waals surface area contributed by atoms with Crippen molar-refractivity contribution in [3.05, 3.63) is 76.5 Å². The molecule has 0 saturated carbocycles. The van der Waals surface area contributed by atoms with E-state index in [1.165, 1.54) is 17.4 Å². The van der Waals surface area contributed by atoms with E-state index < -0.39 is 0 Å². The minimum atomic E-state index is -0.389. The predicted octanol–water partition coefficient (Wildman–Crippen LogP) is 4.41. The Morgan fingerprint density at radius 3 is 2.97 bits per heavy atom. The highest BCUT2D eigenvalue weighted by atomic mass is 32.1. The van der Waals surface area contributed by atoms with Gasteiger partial charge in [0.2, 0.25) is 5.13 Å². The summed E-state index contributed by atoms with van der Waals surface area (Å²) >= 11 is 1.36. The highest BCUT2D eigenvalue weighted by molar-refractivity contribution is 7.13. The molecule has 1 heterocycles. The van der Waals surface area contributed by atoms with Gasteiger partial charge in [-0.15, -0.1) is 11.3 Å². The molecule has 8 heteroatoms.